The van der Waals surface area contributed by atoms with E-state index < -0.39 is 0 Å². The molecule has 1 unspecified atom stereocenters. The van der Waals surface area contributed by atoms with Crippen LogP contribution in [0.5, 0.6) is 11.5 Å². The number of hydrogen-bond donors (Lipinski definition) is 0. The van der Waals surface area contributed by atoms with Crippen LogP contribution >= 0.6 is 0 Å². The molecule has 0 spiro atoms. The van der Waals surface area contributed by atoms with Crippen molar-refractivity contribution in [2.45, 2.75) is 58.7 Å². The second kappa shape index (κ2) is 11.8. The number of methoxy groups -OCH3 is 2. The first-order valence-corrected chi connectivity index (χ1v) is 9.87. The maximum absolute atomic E-state index is 5.77. The molecule has 1 aromatic rings. The van der Waals surface area contributed by atoms with Crippen molar-refractivity contribution in [2.75, 3.05) is 27.4 Å². The maximum Gasteiger partial charge on any atom is 0.157 e. The molecule has 0 amide bonds. The van der Waals surface area contributed by atoms with Crippen LogP contribution in [0.4, 0.5) is 0 Å². The SMILES string of the molecule is COc1ccc(OC)c(CC(C)=CCCC(C)=CCOC2CCCCO2)c1. The third kappa shape index (κ3) is 7.77. The highest BCUT2D eigenvalue weighted by molar-refractivity contribution is 5.42. The zero-order valence-electron chi connectivity index (χ0n) is 17.3. The zero-order valence-corrected chi connectivity index (χ0v) is 17.3. The van der Waals surface area contributed by atoms with E-state index in [0.717, 1.165) is 55.8 Å². The lowest BCUT2D eigenvalue weighted by Gasteiger charge is -2.22. The van der Waals surface area contributed by atoms with Gasteiger partial charge in [0.1, 0.15) is 11.5 Å². The number of ether oxygens (including phenoxy) is 4. The van der Waals surface area contributed by atoms with E-state index in [1.54, 1.807) is 14.2 Å². The van der Waals surface area contributed by atoms with E-state index >= 15 is 0 Å². The summed E-state index contributed by atoms with van der Waals surface area (Å²) in [6.45, 7) is 5.80. The minimum absolute atomic E-state index is 0.0113. The Hall–Kier alpha value is -1.78. The molecular weight excluding hydrogens is 340 g/mol. The third-order valence-corrected chi connectivity index (χ3v) is 4.84. The molecule has 1 heterocycles. The molecule has 1 atom stereocenters. The lowest BCUT2D eigenvalue weighted by Crippen LogP contribution is -2.22. The number of benzene rings is 1. The molecule has 1 aromatic carbocycles. The van der Waals surface area contributed by atoms with Crippen molar-refractivity contribution >= 4 is 0 Å². The normalized spacial score (nSPS) is 18.4. The Morgan fingerprint density at radius 2 is 1.96 bits per heavy atom. The fourth-order valence-corrected chi connectivity index (χ4v) is 3.18. The Morgan fingerprint density at radius 1 is 1.11 bits per heavy atom. The van der Waals surface area contributed by atoms with Gasteiger partial charge in [0.25, 0.3) is 0 Å². The Balaban J connectivity index is 1.77. The van der Waals surface area contributed by atoms with Gasteiger partial charge in [-0.1, -0.05) is 23.3 Å². The van der Waals surface area contributed by atoms with E-state index in [1.165, 1.54) is 17.6 Å². The number of allylic oxidation sites excluding steroid dienone is 3. The van der Waals surface area contributed by atoms with Crippen LogP contribution in [0.3, 0.4) is 0 Å². The fraction of sp³-hybridized carbons (Fsp3) is 0.565. The highest BCUT2D eigenvalue weighted by Gasteiger charge is 2.12. The minimum Gasteiger partial charge on any atom is -0.497 e. The first-order valence-electron chi connectivity index (χ1n) is 9.87. The summed E-state index contributed by atoms with van der Waals surface area (Å²) in [4.78, 5) is 0. The van der Waals surface area contributed by atoms with Gasteiger partial charge in [-0.3, -0.25) is 0 Å². The van der Waals surface area contributed by atoms with Crippen molar-refractivity contribution in [3.63, 3.8) is 0 Å². The van der Waals surface area contributed by atoms with Crippen LogP contribution in [-0.2, 0) is 15.9 Å². The van der Waals surface area contributed by atoms with Crippen LogP contribution in [0.25, 0.3) is 0 Å². The highest BCUT2D eigenvalue weighted by atomic mass is 16.7. The molecule has 4 heteroatoms. The molecule has 0 bridgehead atoms. The fourth-order valence-electron chi connectivity index (χ4n) is 3.18. The van der Waals surface area contributed by atoms with Gasteiger partial charge in [0.05, 0.1) is 20.8 Å². The van der Waals surface area contributed by atoms with Gasteiger partial charge in [-0.05, 0) is 70.6 Å². The maximum atomic E-state index is 5.77. The van der Waals surface area contributed by atoms with Crippen molar-refractivity contribution in [3.8, 4) is 11.5 Å². The van der Waals surface area contributed by atoms with Gasteiger partial charge < -0.3 is 18.9 Å². The number of rotatable bonds is 10. The second-order valence-electron chi connectivity index (χ2n) is 7.12. The third-order valence-electron chi connectivity index (χ3n) is 4.84. The molecule has 1 fully saturated rings. The summed E-state index contributed by atoms with van der Waals surface area (Å²) in [5, 5.41) is 0. The quantitative estimate of drug-likeness (QED) is 0.509. The van der Waals surface area contributed by atoms with Crippen LogP contribution in [-0.4, -0.2) is 33.7 Å². The molecule has 1 aliphatic heterocycles. The first kappa shape index (κ1) is 21.5. The summed E-state index contributed by atoms with van der Waals surface area (Å²) in [5.74, 6) is 1.76. The van der Waals surface area contributed by atoms with Crippen molar-refractivity contribution in [3.05, 3.63) is 47.1 Å². The smallest absolute Gasteiger partial charge is 0.157 e. The van der Waals surface area contributed by atoms with Gasteiger partial charge in [-0.2, -0.15) is 0 Å². The summed E-state index contributed by atoms with van der Waals surface area (Å²) < 4.78 is 22.1. The van der Waals surface area contributed by atoms with Crippen LogP contribution < -0.4 is 9.47 Å². The summed E-state index contributed by atoms with van der Waals surface area (Å²) >= 11 is 0. The molecule has 1 aliphatic rings. The van der Waals surface area contributed by atoms with E-state index in [1.807, 2.05) is 18.2 Å². The first-order chi connectivity index (χ1) is 13.1. The molecule has 0 radical (unpaired) electrons. The van der Waals surface area contributed by atoms with Crippen LogP contribution in [0.1, 0.15) is 51.5 Å². The molecule has 0 aromatic heterocycles. The summed E-state index contributed by atoms with van der Waals surface area (Å²) in [5.41, 5.74) is 3.84. The largest absolute Gasteiger partial charge is 0.497 e. The average Bonchev–Trinajstić information content (AvgIpc) is 2.68. The zero-order chi connectivity index (χ0) is 19.5. The minimum atomic E-state index is -0.0113. The molecule has 27 heavy (non-hydrogen) atoms. The topological polar surface area (TPSA) is 36.9 Å². The monoisotopic (exact) mass is 374 g/mol. The standard InChI is InChI=1S/C23H34O4/c1-18(13-15-27-23-10-5-6-14-26-23)8-7-9-19(2)16-20-17-21(24-3)11-12-22(20)25-4/h9,11-13,17,23H,5-8,10,14-16H2,1-4H3. The van der Waals surface area contributed by atoms with Gasteiger partial charge in [-0.25, -0.2) is 0 Å². The molecule has 1 saturated heterocycles. The van der Waals surface area contributed by atoms with Crippen molar-refractivity contribution in [1.29, 1.82) is 0 Å². The molecule has 0 aliphatic carbocycles. The van der Waals surface area contributed by atoms with Gasteiger partial charge in [0.2, 0.25) is 0 Å². The lowest BCUT2D eigenvalue weighted by molar-refractivity contribution is -0.155. The van der Waals surface area contributed by atoms with Crippen LogP contribution in [0.15, 0.2) is 41.5 Å². The summed E-state index contributed by atoms with van der Waals surface area (Å²) in [7, 11) is 3.40. The van der Waals surface area contributed by atoms with Gasteiger partial charge in [-0.15, -0.1) is 0 Å². The Labute approximate surface area is 164 Å². The molecule has 2 rings (SSSR count). The van der Waals surface area contributed by atoms with E-state index in [0.29, 0.717) is 6.61 Å². The average molecular weight is 375 g/mol. The van der Waals surface area contributed by atoms with E-state index in [-0.39, 0.29) is 6.29 Å². The highest BCUT2D eigenvalue weighted by Crippen LogP contribution is 2.26. The van der Waals surface area contributed by atoms with Crippen molar-refractivity contribution < 1.29 is 18.9 Å². The predicted octanol–water partition coefficient (Wildman–Crippen LogP) is 5.46. The van der Waals surface area contributed by atoms with E-state index in [9.17, 15) is 0 Å². The van der Waals surface area contributed by atoms with E-state index in [2.05, 4.69) is 26.0 Å². The van der Waals surface area contributed by atoms with Crippen LogP contribution in [0.2, 0.25) is 0 Å². The Bertz CT molecular complexity index is 627. The molecular formula is C23H34O4. The molecule has 4 nitrogen and oxygen atoms in total. The van der Waals surface area contributed by atoms with Gasteiger partial charge >= 0.3 is 0 Å². The summed E-state index contributed by atoms with van der Waals surface area (Å²) in [6, 6.07) is 5.94. The molecule has 0 saturated carbocycles. The van der Waals surface area contributed by atoms with Gasteiger partial charge in [0, 0.05) is 12.2 Å². The van der Waals surface area contributed by atoms with Crippen molar-refractivity contribution in [2.24, 2.45) is 0 Å². The molecule has 0 N–H and O–H groups in total. The van der Waals surface area contributed by atoms with Crippen molar-refractivity contribution in [1.82, 2.24) is 0 Å². The Kier molecular flexibility index (Phi) is 9.43. The predicted molar refractivity (Wildman–Crippen MR) is 110 cm³/mol. The molecule has 150 valence electrons. The van der Waals surface area contributed by atoms with E-state index in [4.69, 9.17) is 18.9 Å². The second-order valence-corrected chi connectivity index (χ2v) is 7.12. The van der Waals surface area contributed by atoms with Crippen LogP contribution in [0, 0.1) is 0 Å². The lowest BCUT2D eigenvalue weighted by atomic mass is 10.0. The number of hydrogen-bond acceptors (Lipinski definition) is 4. The summed E-state index contributed by atoms with van der Waals surface area (Å²) in [6.07, 6.45) is 10.8. The Morgan fingerprint density at radius 3 is 2.67 bits per heavy atom. The van der Waals surface area contributed by atoms with Gasteiger partial charge in [0.15, 0.2) is 6.29 Å².